The van der Waals surface area contributed by atoms with Gasteiger partial charge in [-0.25, -0.2) is 4.98 Å². The number of aliphatic carboxylic acids is 1. The molecule has 0 aromatic carbocycles. The number of carboxylic acid groups (broad SMARTS) is 1. The number of nitrogens with zero attached hydrogens (tertiary/aromatic N) is 1. The van der Waals surface area contributed by atoms with Crippen LogP contribution in [0.4, 0.5) is 0 Å². The summed E-state index contributed by atoms with van der Waals surface area (Å²) in [7, 11) is 0. The van der Waals surface area contributed by atoms with E-state index in [1.165, 1.54) is 6.20 Å². The van der Waals surface area contributed by atoms with Crippen molar-refractivity contribution in [3.8, 4) is 0 Å². The molecule has 1 aromatic heterocycles. The van der Waals surface area contributed by atoms with Crippen LogP contribution in [0.25, 0.3) is 0 Å². The Bertz CT molecular complexity index is 486. The number of hydrogen-bond acceptors (Lipinski definition) is 3. The summed E-state index contributed by atoms with van der Waals surface area (Å²) in [6.45, 7) is 0.131. The Morgan fingerprint density at radius 2 is 2.22 bits per heavy atom. The van der Waals surface area contributed by atoms with Gasteiger partial charge in [0.25, 0.3) is 5.91 Å². The van der Waals surface area contributed by atoms with Gasteiger partial charge in [-0.15, -0.1) is 0 Å². The molecule has 1 heterocycles. The number of carbonyl (C=O) groups is 2. The molecule has 0 saturated heterocycles. The Labute approximate surface area is 109 Å². The van der Waals surface area contributed by atoms with Crippen LogP contribution in [0.1, 0.15) is 29.6 Å². The van der Waals surface area contributed by atoms with Crippen molar-refractivity contribution in [3.63, 3.8) is 0 Å². The number of pyridine rings is 1. The van der Waals surface area contributed by atoms with Crippen LogP contribution in [-0.4, -0.2) is 28.5 Å². The number of rotatable bonds is 4. The van der Waals surface area contributed by atoms with Gasteiger partial charge in [0.2, 0.25) is 0 Å². The fraction of sp³-hybridized carbons (Fsp3) is 0.417. The molecule has 0 atom stereocenters. The lowest BCUT2D eigenvalue weighted by Crippen LogP contribution is -2.47. The van der Waals surface area contributed by atoms with Crippen molar-refractivity contribution >= 4 is 23.5 Å². The fourth-order valence-corrected chi connectivity index (χ4v) is 2.18. The zero-order valence-corrected chi connectivity index (χ0v) is 10.4. The minimum atomic E-state index is -0.855. The molecule has 1 amide bonds. The lowest BCUT2D eigenvalue weighted by Gasteiger charge is -2.37. The van der Waals surface area contributed by atoms with E-state index in [2.05, 4.69) is 10.3 Å². The maximum absolute atomic E-state index is 11.8. The molecule has 2 N–H and O–H groups in total. The molecule has 0 aliphatic heterocycles. The largest absolute Gasteiger partial charge is 0.481 e. The first-order valence-electron chi connectivity index (χ1n) is 5.67. The van der Waals surface area contributed by atoms with Crippen LogP contribution in [0.5, 0.6) is 0 Å². The maximum Gasteiger partial charge on any atom is 0.311 e. The van der Waals surface area contributed by atoms with Crippen molar-refractivity contribution in [1.29, 1.82) is 0 Å². The number of nitrogens with one attached hydrogen (secondary N) is 1. The number of amides is 1. The highest BCUT2D eigenvalue weighted by atomic mass is 35.5. The van der Waals surface area contributed by atoms with E-state index >= 15 is 0 Å². The molecule has 0 spiro atoms. The third-order valence-corrected chi connectivity index (χ3v) is 3.66. The number of aromatic nitrogens is 1. The third kappa shape index (κ3) is 2.31. The van der Waals surface area contributed by atoms with Gasteiger partial charge in [0.1, 0.15) is 5.15 Å². The Morgan fingerprint density at radius 3 is 2.72 bits per heavy atom. The summed E-state index contributed by atoms with van der Waals surface area (Å²) in [5.74, 6) is -1.24. The summed E-state index contributed by atoms with van der Waals surface area (Å²) in [5, 5.41) is 11.9. The van der Waals surface area contributed by atoms with Crippen LogP contribution in [0.3, 0.4) is 0 Å². The van der Waals surface area contributed by atoms with Crippen LogP contribution in [0.2, 0.25) is 5.15 Å². The highest BCUT2D eigenvalue weighted by Crippen LogP contribution is 2.40. The van der Waals surface area contributed by atoms with Crippen molar-refractivity contribution in [3.05, 3.63) is 29.0 Å². The van der Waals surface area contributed by atoms with Gasteiger partial charge in [-0.2, -0.15) is 0 Å². The van der Waals surface area contributed by atoms with Gasteiger partial charge in [0, 0.05) is 12.7 Å². The van der Waals surface area contributed by atoms with Crippen LogP contribution in [0.15, 0.2) is 18.3 Å². The second-order valence-electron chi connectivity index (χ2n) is 4.46. The molecule has 18 heavy (non-hydrogen) atoms. The number of hydrogen-bond donors (Lipinski definition) is 2. The van der Waals surface area contributed by atoms with Crippen LogP contribution >= 0.6 is 11.6 Å². The summed E-state index contributed by atoms with van der Waals surface area (Å²) < 4.78 is 0. The minimum absolute atomic E-state index is 0.119. The highest BCUT2D eigenvalue weighted by Gasteiger charge is 2.44. The Hall–Kier alpha value is -1.62. The van der Waals surface area contributed by atoms with Crippen molar-refractivity contribution in [1.82, 2.24) is 10.3 Å². The quantitative estimate of drug-likeness (QED) is 0.815. The van der Waals surface area contributed by atoms with Crippen molar-refractivity contribution < 1.29 is 14.7 Å². The molecule has 96 valence electrons. The van der Waals surface area contributed by atoms with Crippen molar-refractivity contribution in [2.45, 2.75) is 19.3 Å². The summed E-state index contributed by atoms with van der Waals surface area (Å²) >= 11 is 5.79. The second-order valence-corrected chi connectivity index (χ2v) is 4.82. The SMILES string of the molecule is O=C(NCC1(C(=O)O)CCC1)c1cccnc1Cl. The first-order valence-corrected chi connectivity index (χ1v) is 6.05. The summed E-state index contributed by atoms with van der Waals surface area (Å²) in [6, 6.07) is 3.16. The molecule has 2 rings (SSSR count). The normalized spacial score (nSPS) is 16.7. The maximum atomic E-state index is 11.8. The smallest absolute Gasteiger partial charge is 0.311 e. The average molecular weight is 269 g/mol. The molecule has 0 radical (unpaired) electrons. The summed E-state index contributed by atoms with van der Waals surface area (Å²) in [6.07, 6.45) is 3.58. The van der Waals surface area contributed by atoms with E-state index in [1.807, 2.05) is 0 Å². The Morgan fingerprint density at radius 1 is 1.50 bits per heavy atom. The second kappa shape index (κ2) is 4.94. The van der Waals surface area contributed by atoms with Crippen LogP contribution in [0, 0.1) is 5.41 Å². The van der Waals surface area contributed by atoms with Gasteiger partial charge in [-0.05, 0) is 25.0 Å². The van der Waals surface area contributed by atoms with E-state index in [0.29, 0.717) is 12.8 Å². The van der Waals surface area contributed by atoms with Gasteiger partial charge in [0.05, 0.1) is 11.0 Å². The molecule has 1 aliphatic carbocycles. The molecule has 5 nitrogen and oxygen atoms in total. The predicted molar refractivity (Wildman–Crippen MR) is 65.5 cm³/mol. The number of halogens is 1. The average Bonchev–Trinajstić information content (AvgIpc) is 2.27. The molecule has 1 aromatic rings. The van der Waals surface area contributed by atoms with Gasteiger partial charge in [-0.3, -0.25) is 9.59 Å². The summed E-state index contributed by atoms with van der Waals surface area (Å²) in [5.41, 5.74) is -0.538. The monoisotopic (exact) mass is 268 g/mol. The van der Waals surface area contributed by atoms with Gasteiger partial charge < -0.3 is 10.4 Å². The third-order valence-electron chi connectivity index (χ3n) is 3.36. The summed E-state index contributed by atoms with van der Waals surface area (Å²) in [4.78, 5) is 26.8. The van der Waals surface area contributed by atoms with Crippen LogP contribution in [-0.2, 0) is 4.79 Å². The van der Waals surface area contributed by atoms with E-state index in [0.717, 1.165) is 6.42 Å². The fourth-order valence-electron chi connectivity index (χ4n) is 1.97. The zero-order chi connectivity index (χ0) is 13.2. The van der Waals surface area contributed by atoms with E-state index < -0.39 is 11.4 Å². The topological polar surface area (TPSA) is 79.3 Å². The van der Waals surface area contributed by atoms with Crippen molar-refractivity contribution in [2.75, 3.05) is 6.54 Å². The first kappa shape index (κ1) is 12.8. The highest BCUT2D eigenvalue weighted by molar-refractivity contribution is 6.32. The van der Waals surface area contributed by atoms with Crippen molar-refractivity contribution in [2.24, 2.45) is 5.41 Å². The van der Waals surface area contributed by atoms with Gasteiger partial charge in [-0.1, -0.05) is 18.0 Å². The number of carbonyl (C=O) groups excluding carboxylic acids is 1. The van der Waals surface area contributed by atoms with E-state index in [1.54, 1.807) is 12.1 Å². The van der Waals surface area contributed by atoms with E-state index in [9.17, 15) is 9.59 Å². The molecule has 0 bridgehead atoms. The van der Waals surface area contributed by atoms with E-state index in [4.69, 9.17) is 16.7 Å². The minimum Gasteiger partial charge on any atom is -0.481 e. The van der Waals surface area contributed by atoms with Gasteiger partial charge in [0.15, 0.2) is 0 Å². The molecule has 6 heteroatoms. The molecule has 1 fully saturated rings. The number of carboxylic acids is 1. The van der Waals surface area contributed by atoms with Gasteiger partial charge >= 0.3 is 5.97 Å². The standard InChI is InChI=1S/C12H13ClN2O3/c13-9-8(3-1-6-14-9)10(16)15-7-12(11(17)18)4-2-5-12/h1,3,6H,2,4-5,7H2,(H,15,16)(H,17,18). The lowest BCUT2D eigenvalue weighted by atomic mass is 9.69. The Balaban J connectivity index is 2.01. The lowest BCUT2D eigenvalue weighted by molar-refractivity contribution is -0.153. The molecule has 1 aliphatic rings. The molecule has 0 unspecified atom stereocenters. The van der Waals surface area contributed by atoms with E-state index in [-0.39, 0.29) is 23.2 Å². The van der Waals surface area contributed by atoms with Crippen LogP contribution < -0.4 is 5.32 Å². The zero-order valence-electron chi connectivity index (χ0n) is 9.65. The predicted octanol–water partition coefficient (Wildman–Crippen LogP) is 1.72. The Kier molecular flexibility index (Phi) is 3.52. The molecule has 1 saturated carbocycles. The molecular formula is C12H13ClN2O3. The first-order chi connectivity index (χ1) is 8.55. The molecular weight excluding hydrogens is 256 g/mol.